The summed E-state index contributed by atoms with van der Waals surface area (Å²) in [7, 11) is 0. The predicted molar refractivity (Wildman–Crippen MR) is 33.6 cm³/mol. The molecule has 1 rings (SSSR count). The molecule has 1 N–H and O–H groups in total. The molecule has 2 heteroatoms. The topological polar surface area (TPSA) is 44.0 Å². The van der Waals surface area contributed by atoms with Gasteiger partial charge >= 0.3 is 0 Å². The van der Waals surface area contributed by atoms with Gasteiger partial charge in [-0.1, -0.05) is 6.08 Å². The molecule has 0 radical (unpaired) electrons. The van der Waals surface area contributed by atoms with Crippen molar-refractivity contribution in [3.8, 4) is 6.07 Å². The van der Waals surface area contributed by atoms with Crippen molar-refractivity contribution in [2.75, 3.05) is 0 Å². The van der Waals surface area contributed by atoms with Crippen molar-refractivity contribution < 1.29 is 5.11 Å². The molecule has 0 unspecified atom stereocenters. The standard InChI is InChI=1S/C7H9NO/c8-5-6-3-1-2-4-7(6)9/h3,7,9H,1-2,4H2/t7-/m1/s1. The molecular formula is C7H9NO. The van der Waals surface area contributed by atoms with Gasteiger partial charge in [0.1, 0.15) is 0 Å². The second kappa shape index (κ2) is 2.65. The second-order valence-corrected chi connectivity index (χ2v) is 2.22. The fraction of sp³-hybridized carbons (Fsp3) is 0.571. The number of rotatable bonds is 0. The van der Waals surface area contributed by atoms with Crippen LogP contribution >= 0.6 is 0 Å². The summed E-state index contributed by atoms with van der Waals surface area (Å²) in [6, 6.07) is 1.96. The van der Waals surface area contributed by atoms with Gasteiger partial charge in [0.2, 0.25) is 0 Å². The van der Waals surface area contributed by atoms with Crippen molar-refractivity contribution in [2.45, 2.75) is 25.4 Å². The third kappa shape index (κ3) is 1.30. The predicted octanol–water partition coefficient (Wildman–Crippen LogP) is 0.981. The number of hydrogen-bond donors (Lipinski definition) is 1. The van der Waals surface area contributed by atoms with E-state index in [2.05, 4.69) is 0 Å². The van der Waals surface area contributed by atoms with Gasteiger partial charge < -0.3 is 5.11 Å². The second-order valence-electron chi connectivity index (χ2n) is 2.22. The van der Waals surface area contributed by atoms with Crippen molar-refractivity contribution in [1.82, 2.24) is 0 Å². The Morgan fingerprint density at radius 3 is 3.00 bits per heavy atom. The van der Waals surface area contributed by atoms with Gasteiger partial charge in [0.05, 0.1) is 17.7 Å². The van der Waals surface area contributed by atoms with E-state index in [1.54, 1.807) is 0 Å². The molecule has 1 aliphatic carbocycles. The number of aliphatic hydroxyl groups is 1. The molecule has 48 valence electrons. The van der Waals surface area contributed by atoms with Gasteiger partial charge in [0.25, 0.3) is 0 Å². The summed E-state index contributed by atoms with van der Waals surface area (Å²) in [5, 5.41) is 17.5. The van der Waals surface area contributed by atoms with Gasteiger partial charge in [0, 0.05) is 0 Å². The molecule has 0 heterocycles. The fourth-order valence-corrected chi connectivity index (χ4v) is 0.980. The van der Waals surface area contributed by atoms with Crippen molar-refractivity contribution in [3.05, 3.63) is 11.6 Å². The van der Waals surface area contributed by atoms with Crippen LogP contribution < -0.4 is 0 Å². The number of aliphatic hydroxyl groups excluding tert-OH is 1. The molecule has 1 atom stereocenters. The van der Waals surface area contributed by atoms with Crippen molar-refractivity contribution in [1.29, 1.82) is 5.26 Å². The first kappa shape index (κ1) is 6.31. The van der Waals surface area contributed by atoms with E-state index in [0.717, 1.165) is 19.3 Å². The molecule has 0 saturated heterocycles. The summed E-state index contributed by atoms with van der Waals surface area (Å²) in [5.74, 6) is 0. The van der Waals surface area contributed by atoms with Gasteiger partial charge in [-0.3, -0.25) is 0 Å². The smallest absolute Gasteiger partial charge is 0.0971 e. The third-order valence-electron chi connectivity index (χ3n) is 1.53. The first-order valence-corrected chi connectivity index (χ1v) is 3.13. The summed E-state index contributed by atoms with van der Waals surface area (Å²) in [6.45, 7) is 0. The Hall–Kier alpha value is -0.810. The van der Waals surface area contributed by atoms with E-state index in [1.807, 2.05) is 12.1 Å². The van der Waals surface area contributed by atoms with E-state index < -0.39 is 6.10 Å². The summed E-state index contributed by atoms with van der Waals surface area (Å²) in [4.78, 5) is 0. The molecule has 0 fully saturated rings. The summed E-state index contributed by atoms with van der Waals surface area (Å²) < 4.78 is 0. The molecule has 9 heavy (non-hydrogen) atoms. The van der Waals surface area contributed by atoms with Gasteiger partial charge in [-0.15, -0.1) is 0 Å². The highest BCUT2D eigenvalue weighted by atomic mass is 16.3. The van der Waals surface area contributed by atoms with Crippen LogP contribution in [0.1, 0.15) is 19.3 Å². The summed E-state index contributed by atoms with van der Waals surface area (Å²) in [6.07, 6.45) is 4.03. The molecule has 1 aliphatic rings. The average Bonchev–Trinajstić information content (AvgIpc) is 1.89. The average molecular weight is 123 g/mol. The minimum Gasteiger partial charge on any atom is -0.388 e. The van der Waals surface area contributed by atoms with Crippen LogP contribution in [-0.4, -0.2) is 11.2 Å². The molecule has 0 aliphatic heterocycles. The van der Waals surface area contributed by atoms with Crippen LogP contribution in [0, 0.1) is 11.3 Å². The Balaban J connectivity index is 2.67. The molecular weight excluding hydrogens is 114 g/mol. The van der Waals surface area contributed by atoms with Crippen LogP contribution in [0.5, 0.6) is 0 Å². The molecule has 0 amide bonds. The van der Waals surface area contributed by atoms with Crippen LogP contribution in [0.25, 0.3) is 0 Å². The van der Waals surface area contributed by atoms with Crippen LogP contribution in [0.3, 0.4) is 0 Å². The van der Waals surface area contributed by atoms with E-state index in [4.69, 9.17) is 10.4 Å². The number of nitrogens with zero attached hydrogens (tertiary/aromatic N) is 1. The Labute approximate surface area is 54.4 Å². The lowest BCUT2D eigenvalue weighted by Gasteiger charge is -2.12. The Kier molecular flexibility index (Phi) is 1.86. The monoisotopic (exact) mass is 123 g/mol. The van der Waals surface area contributed by atoms with Crippen LogP contribution in [0.2, 0.25) is 0 Å². The van der Waals surface area contributed by atoms with Crippen molar-refractivity contribution in [3.63, 3.8) is 0 Å². The largest absolute Gasteiger partial charge is 0.388 e. The maximum absolute atomic E-state index is 9.08. The summed E-state index contributed by atoms with van der Waals surface area (Å²) in [5.41, 5.74) is 0.543. The van der Waals surface area contributed by atoms with E-state index >= 15 is 0 Å². The highest BCUT2D eigenvalue weighted by Gasteiger charge is 2.12. The SMILES string of the molecule is N#CC1=CCCC[C@H]1O. The van der Waals surface area contributed by atoms with Gasteiger partial charge in [-0.05, 0) is 19.3 Å². The minimum absolute atomic E-state index is 0.483. The maximum Gasteiger partial charge on any atom is 0.0971 e. The lowest BCUT2D eigenvalue weighted by Crippen LogP contribution is -2.11. The van der Waals surface area contributed by atoms with Gasteiger partial charge in [-0.2, -0.15) is 5.26 Å². The van der Waals surface area contributed by atoms with Gasteiger partial charge in [0.15, 0.2) is 0 Å². The van der Waals surface area contributed by atoms with E-state index in [-0.39, 0.29) is 0 Å². The molecule has 0 spiro atoms. The quantitative estimate of drug-likeness (QED) is 0.521. The maximum atomic E-state index is 9.08. The summed E-state index contributed by atoms with van der Waals surface area (Å²) >= 11 is 0. The minimum atomic E-state index is -0.483. The highest BCUT2D eigenvalue weighted by molar-refractivity contribution is 5.26. The van der Waals surface area contributed by atoms with Crippen molar-refractivity contribution >= 4 is 0 Å². The fourth-order valence-electron chi connectivity index (χ4n) is 0.980. The van der Waals surface area contributed by atoms with E-state index in [9.17, 15) is 0 Å². The molecule has 0 saturated carbocycles. The van der Waals surface area contributed by atoms with Crippen LogP contribution in [0.15, 0.2) is 11.6 Å². The number of nitriles is 1. The molecule has 0 aromatic heterocycles. The normalized spacial score (nSPS) is 26.7. The van der Waals surface area contributed by atoms with E-state index in [1.165, 1.54) is 0 Å². The Morgan fingerprint density at radius 2 is 2.56 bits per heavy atom. The lowest BCUT2D eigenvalue weighted by atomic mass is 9.98. The zero-order valence-corrected chi connectivity index (χ0v) is 5.17. The van der Waals surface area contributed by atoms with Crippen molar-refractivity contribution in [2.24, 2.45) is 0 Å². The number of allylic oxidation sites excluding steroid dienone is 1. The van der Waals surface area contributed by atoms with Crippen LogP contribution in [0.4, 0.5) is 0 Å². The van der Waals surface area contributed by atoms with Crippen LogP contribution in [-0.2, 0) is 0 Å². The zero-order chi connectivity index (χ0) is 6.69. The van der Waals surface area contributed by atoms with Gasteiger partial charge in [-0.25, -0.2) is 0 Å². The van der Waals surface area contributed by atoms with E-state index in [0.29, 0.717) is 5.57 Å². The molecule has 0 aromatic rings. The molecule has 0 bridgehead atoms. The zero-order valence-electron chi connectivity index (χ0n) is 5.17. The first-order chi connectivity index (χ1) is 4.34. The first-order valence-electron chi connectivity index (χ1n) is 3.13. The highest BCUT2D eigenvalue weighted by Crippen LogP contribution is 2.16. The Morgan fingerprint density at radius 1 is 1.78 bits per heavy atom. The molecule has 2 nitrogen and oxygen atoms in total. The Bertz CT molecular complexity index is 166. The number of hydrogen-bond acceptors (Lipinski definition) is 2. The molecule has 0 aromatic carbocycles. The third-order valence-corrected chi connectivity index (χ3v) is 1.53. The lowest BCUT2D eigenvalue weighted by molar-refractivity contribution is 0.196.